The van der Waals surface area contributed by atoms with Crippen LogP contribution in [-0.2, 0) is 26.7 Å². The van der Waals surface area contributed by atoms with Gasteiger partial charge in [-0.2, -0.15) is 0 Å². The predicted molar refractivity (Wildman–Crippen MR) is 109 cm³/mol. The van der Waals surface area contributed by atoms with E-state index in [1.807, 2.05) is 82.3 Å². The minimum absolute atomic E-state index is 0.168. The van der Waals surface area contributed by atoms with Gasteiger partial charge in [0.15, 0.2) is 6.16 Å². The minimum Gasteiger partial charge on any atom is -0.242 e. The smallest absolute Gasteiger partial charge is 0.242 e. The van der Waals surface area contributed by atoms with Gasteiger partial charge >= 0.3 is 8.03 Å². The molecular formula is C20H27NO3PS+. The number of hydrogen-bond donors (Lipinski definition) is 1. The highest BCUT2D eigenvalue weighted by molar-refractivity contribution is 7.84. The zero-order valence-electron chi connectivity index (χ0n) is 15.8. The summed E-state index contributed by atoms with van der Waals surface area (Å²) in [5.41, 5.74) is 3.05. The zero-order valence-corrected chi connectivity index (χ0v) is 17.5. The molecule has 26 heavy (non-hydrogen) atoms. The van der Waals surface area contributed by atoms with Crippen LogP contribution in [0.4, 0.5) is 0 Å². The molecule has 6 heteroatoms. The van der Waals surface area contributed by atoms with Crippen LogP contribution in [0.2, 0.25) is 0 Å². The summed E-state index contributed by atoms with van der Waals surface area (Å²) in [5, 5.41) is 0. The Balaban J connectivity index is 2.22. The van der Waals surface area contributed by atoms with Gasteiger partial charge in [0, 0.05) is 0 Å². The van der Waals surface area contributed by atoms with E-state index in [0.717, 1.165) is 16.7 Å². The standard InChI is InChI=1S/C20H27NO3PS/c1-5-25(22)24-15-16-11-13-18(14-12-16)19(17-9-7-6-8-10-17)21-26(23)20(2,3)4/h6-14,19,21H,5,15H2,1-4H3/q+1/t19-,26?/m0/s1. The van der Waals surface area contributed by atoms with Crippen LogP contribution in [0.15, 0.2) is 54.6 Å². The molecule has 3 atom stereocenters. The van der Waals surface area contributed by atoms with Gasteiger partial charge in [0.05, 0.1) is 21.8 Å². The maximum absolute atomic E-state index is 12.6. The van der Waals surface area contributed by atoms with Crippen LogP contribution >= 0.6 is 8.03 Å². The van der Waals surface area contributed by atoms with Gasteiger partial charge in [-0.3, -0.25) is 0 Å². The van der Waals surface area contributed by atoms with Crippen molar-refractivity contribution in [2.24, 2.45) is 0 Å². The molecule has 2 unspecified atom stereocenters. The lowest BCUT2D eigenvalue weighted by Crippen LogP contribution is -2.36. The average Bonchev–Trinajstić information content (AvgIpc) is 2.64. The summed E-state index contributed by atoms with van der Waals surface area (Å²) < 4.78 is 32.3. The second-order valence-electron chi connectivity index (χ2n) is 7.01. The van der Waals surface area contributed by atoms with Gasteiger partial charge in [0.25, 0.3) is 0 Å². The maximum Gasteiger partial charge on any atom is 0.508 e. The first-order valence-electron chi connectivity index (χ1n) is 8.70. The predicted octanol–water partition coefficient (Wildman–Crippen LogP) is 5.11. The summed E-state index contributed by atoms with van der Waals surface area (Å²) in [6.07, 6.45) is 0.520. The number of hydrogen-bond acceptors (Lipinski definition) is 3. The van der Waals surface area contributed by atoms with Crippen molar-refractivity contribution in [3.63, 3.8) is 0 Å². The Hall–Kier alpha value is -1.39. The third-order valence-corrected chi connectivity index (χ3v) is 6.36. The van der Waals surface area contributed by atoms with Crippen LogP contribution in [0, 0.1) is 0 Å². The molecule has 0 aliphatic carbocycles. The molecule has 0 aliphatic heterocycles. The molecule has 0 radical (unpaired) electrons. The first kappa shape index (κ1) is 20.9. The molecule has 0 aliphatic rings. The Morgan fingerprint density at radius 1 is 1.04 bits per heavy atom. The molecule has 0 fully saturated rings. The van der Waals surface area contributed by atoms with Crippen molar-refractivity contribution in [2.75, 3.05) is 6.16 Å². The van der Waals surface area contributed by atoms with Crippen LogP contribution in [0.3, 0.4) is 0 Å². The Morgan fingerprint density at radius 2 is 1.62 bits per heavy atom. The first-order valence-corrected chi connectivity index (χ1v) is 11.2. The quantitative estimate of drug-likeness (QED) is 0.636. The van der Waals surface area contributed by atoms with Crippen LogP contribution in [0.5, 0.6) is 0 Å². The van der Waals surface area contributed by atoms with Crippen molar-refractivity contribution in [3.05, 3.63) is 71.3 Å². The first-order chi connectivity index (χ1) is 12.3. The van der Waals surface area contributed by atoms with Gasteiger partial charge in [-0.25, -0.2) is 8.93 Å². The fourth-order valence-corrected chi connectivity index (χ4v) is 3.62. The lowest BCUT2D eigenvalue weighted by molar-refractivity contribution is 0.319. The van der Waals surface area contributed by atoms with Crippen molar-refractivity contribution >= 4 is 19.0 Å². The van der Waals surface area contributed by atoms with Crippen LogP contribution < -0.4 is 4.72 Å². The summed E-state index contributed by atoms with van der Waals surface area (Å²) in [6, 6.07) is 17.7. The molecule has 0 aromatic heterocycles. The van der Waals surface area contributed by atoms with E-state index in [0.29, 0.717) is 12.8 Å². The molecule has 0 heterocycles. The van der Waals surface area contributed by atoms with Crippen molar-refractivity contribution in [3.8, 4) is 0 Å². The van der Waals surface area contributed by atoms with Crippen molar-refractivity contribution in [1.29, 1.82) is 0 Å². The van der Waals surface area contributed by atoms with E-state index in [-0.39, 0.29) is 10.8 Å². The number of benzene rings is 2. The molecule has 2 aromatic carbocycles. The molecule has 2 rings (SSSR count). The van der Waals surface area contributed by atoms with Crippen molar-refractivity contribution in [2.45, 2.75) is 45.1 Å². The monoisotopic (exact) mass is 392 g/mol. The second kappa shape index (κ2) is 9.52. The highest BCUT2D eigenvalue weighted by Gasteiger charge is 2.24. The Labute approximate surface area is 159 Å². The van der Waals surface area contributed by atoms with Crippen LogP contribution in [0.25, 0.3) is 0 Å². The highest BCUT2D eigenvalue weighted by Crippen LogP contribution is 2.26. The third-order valence-electron chi connectivity index (χ3n) is 3.86. The van der Waals surface area contributed by atoms with E-state index in [2.05, 4.69) is 4.72 Å². The van der Waals surface area contributed by atoms with Gasteiger partial charge in [0.2, 0.25) is 0 Å². The van der Waals surface area contributed by atoms with Gasteiger partial charge in [0.1, 0.15) is 6.61 Å². The molecule has 2 aromatic rings. The normalized spacial score (nSPS) is 14.7. The lowest BCUT2D eigenvalue weighted by atomic mass is 9.99. The molecule has 0 saturated heterocycles. The Bertz CT molecular complexity index is 742. The van der Waals surface area contributed by atoms with E-state index in [1.165, 1.54) is 0 Å². The van der Waals surface area contributed by atoms with Crippen LogP contribution in [-0.4, -0.2) is 15.1 Å². The summed E-state index contributed by atoms with van der Waals surface area (Å²) >= 11 is 0. The topological polar surface area (TPSA) is 55.4 Å². The van der Waals surface area contributed by atoms with Crippen LogP contribution in [0.1, 0.15) is 50.4 Å². The zero-order chi connectivity index (χ0) is 19.2. The molecule has 140 valence electrons. The van der Waals surface area contributed by atoms with E-state index >= 15 is 0 Å². The molecule has 0 amide bonds. The van der Waals surface area contributed by atoms with E-state index < -0.39 is 19.0 Å². The largest absolute Gasteiger partial charge is 0.508 e. The average molecular weight is 392 g/mol. The Kier molecular flexibility index (Phi) is 7.66. The maximum atomic E-state index is 12.6. The molecule has 0 spiro atoms. The minimum atomic E-state index is -1.59. The molecule has 0 bridgehead atoms. The third kappa shape index (κ3) is 6.10. The molecular weight excluding hydrogens is 365 g/mol. The number of nitrogens with one attached hydrogen (secondary N) is 1. The number of rotatable bonds is 8. The summed E-state index contributed by atoms with van der Waals surface area (Å²) in [7, 11) is -2.78. The molecule has 0 saturated carbocycles. The lowest BCUT2D eigenvalue weighted by Gasteiger charge is -2.25. The summed E-state index contributed by atoms with van der Waals surface area (Å²) in [5.74, 6) is 0. The highest BCUT2D eigenvalue weighted by atomic mass is 32.2. The summed E-state index contributed by atoms with van der Waals surface area (Å²) in [6.45, 7) is 8.03. The van der Waals surface area contributed by atoms with Gasteiger partial charge in [-0.15, -0.1) is 4.52 Å². The van der Waals surface area contributed by atoms with E-state index in [1.54, 1.807) is 0 Å². The van der Waals surface area contributed by atoms with E-state index in [9.17, 15) is 8.77 Å². The van der Waals surface area contributed by atoms with Gasteiger partial charge in [-0.05, 0) is 49.0 Å². The van der Waals surface area contributed by atoms with Crippen molar-refractivity contribution < 1.29 is 13.3 Å². The van der Waals surface area contributed by atoms with Gasteiger partial charge < -0.3 is 0 Å². The molecule has 1 N–H and O–H groups in total. The van der Waals surface area contributed by atoms with E-state index in [4.69, 9.17) is 4.52 Å². The van der Waals surface area contributed by atoms with Crippen molar-refractivity contribution in [1.82, 2.24) is 4.72 Å². The Morgan fingerprint density at radius 3 is 2.15 bits per heavy atom. The molecule has 4 nitrogen and oxygen atoms in total. The van der Waals surface area contributed by atoms with Gasteiger partial charge in [-0.1, -0.05) is 54.6 Å². The fraction of sp³-hybridized carbons (Fsp3) is 0.400. The fourth-order valence-electron chi connectivity index (χ4n) is 2.30. The summed E-state index contributed by atoms with van der Waals surface area (Å²) in [4.78, 5) is 0. The SMILES string of the molecule is CC[P+](=O)OCc1ccc([C@@H](NS(=O)C(C)(C)C)c2ccccc2)cc1. The second-order valence-corrected chi connectivity index (χ2v) is 10.6.